The van der Waals surface area contributed by atoms with Crippen molar-refractivity contribution < 1.29 is 9.59 Å². The van der Waals surface area contributed by atoms with Crippen LogP contribution in [0.3, 0.4) is 0 Å². The fourth-order valence-electron chi connectivity index (χ4n) is 3.17. The van der Waals surface area contributed by atoms with E-state index in [-0.39, 0.29) is 11.8 Å². The molecule has 2 aromatic rings. The number of aromatic amines is 1. The van der Waals surface area contributed by atoms with Crippen LogP contribution in [0, 0.1) is 5.92 Å². The smallest absolute Gasteiger partial charge is 0.314 e. The van der Waals surface area contributed by atoms with E-state index in [9.17, 15) is 9.59 Å². The molecule has 0 unspecified atom stereocenters. The molecule has 0 atom stereocenters. The number of benzene rings is 1. The molecule has 6 heteroatoms. The third kappa shape index (κ3) is 3.47. The van der Waals surface area contributed by atoms with Gasteiger partial charge in [-0.2, -0.15) is 0 Å². The summed E-state index contributed by atoms with van der Waals surface area (Å²) in [6, 6.07) is 7.75. The number of aromatic nitrogens is 1. The largest absolute Gasteiger partial charge is 0.361 e. The molecule has 0 bridgehead atoms. The molecule has 1 aliphatic heterocycles. The first-order valence-corrected chi connectivity index (χ1v) is 8.02. The van der Waals surface area contributed by atoms with Crippen LogP contribution in [-0.4, -0.2) is 41.5 Å². The van der Waals surface area contributed by atoms with Gasteiger partial charge in [0.2, 0.25) is 5.91 Å². The van der Waals surface area contributed by atoms with Gasteiger partial charge in [-0.1, -0.05) is 18.2 Å². The van der Waals surface area contributed by atoms with E-state index < -0.39 is 6.03 Å². The highest BCUT2D eigenvalue weighted by atomic mass is 16.2. The molecule has 1 aromatic carbocycles. The first-order valence-electron chi connectivity index (χ1n) is 8.02. The number of H-pyrrole nitrogens is 1. The summed E-state index contributed by atoms with van der Waals surface area (Å²) in [6.07, 6.45) is 4.17. The molecule has 0 aliphatic carbocycles. The molecule has 0 spiro atoms. The van der Waals surface area contributed by atoms with E-state index in [2.05, 4.69) is 16.4 Å². The minimum atomic E-state index is -0.400. The molecule has 4 N–H and O–H groups in total. The summed E-state index contributed by atoms with van der Waals surface area (Å²) in [7, 11) is 0. The number of primary amides is 1. The van der Waals surface area contributed by atoms with Crippen LogP contribution < -0.4 is 11.1 Å². The van der Waals surface area contributed by atoms with Crippen molar-refractivity contribution >= 4 is 22.8 Å². The lowest BCUT2D eigenvalue weighted by molar-refractivity contribution is -0.126. The number of nitrogens with two attached hydrogens (primary N) is 1. The van der Waals surface area contributed by atoms with Crippen molar-refractivity contribution in [2.45, 2.75) is 19.3 Å². The van der Waals surface area contributed by atoms with Gasteiger partial charge in [0.15, 0.2) is 0 Å². The second-order valence-electron chi connectivity index (χ2n) is 6.00. The van der Waals surface area contributed by atoms with Gasteiger partial charge in [-0.15, -0.1) is 0 Å². The van der Waals surface area contributed by atoms with Crippen LogP contribution in [0.25, 0.3) is 10.9 Å². The summed E-state index contributed by atoms with van der Waals surface area (Å²) < 4.78 is 0. The number of fused-ring (bicyclic) bond motifs is 1. The number of nitrogens with one attached hydrogen (secondary N) is 2. The summed E-state index contributed by atoms with van der Waals surface area (Å²) in [4.78, 5) is 28.1. The number of amides is 3. The summed E-state index contributed by atoms with van der Waals surface area (Å²) in [5.74, 6) is 0.0579. The predicted octanol–water partition coefficient (Wildman–Crippen LogP) is 1.62. The highest BCUT2D eigenvalue weighted by Crippen LogP contribution is 2.19. The molecular weight excluding hydrogens is 292 g/mol. The Morgan fingerprint density at radius 2 is 2.00 bits per heavy atom. The number of hydrogen-bond acceptors (Lipinski definition) is 2. The zero-order chi connectivity index (χ0) is 16.2. The molecule has 0 radical (unpaired) electrons. The lowest BCUT2D eigenvalue weighted by Crippen LogP contribution is -2.45. The lowest BCUT2D eigenvalue weighted by atomic mass is 9.96. The normalized spacial score (nSPS) is 15.7. The van der Waals surface area contributed by atoms with Crippen molar-refractivity contribution in [2.24, 2.45) is 11.7 Å². The van der Waals surface area contributed by atoms with E-state index in [1.54, 1.807) is 4.90 Å². The van der Waals surface area contributed by atoms with E-state index in [4.69, 9.17) is 5.73 Å². The van der Waals surface area contributed by atoms with Gasteiger partial charge in [-0.05, 0) is 30.9 Å². The van der Waals surface area contributed by atoms with Crippen LogP contribution in [0.15, 0.2) is 30.5 Å². The maximum absolute atomic E-state index is 12.2. The number of nitrogens with zero attached hydrogens (tertiary/aromatic N) is 1. The van der Waals surface area contributed by atoms with Crippen molar-refractivity contribution in [1.29, 1.82) is 0 Å². The van der Waals surface area contributed by atoms with Crippen LogP contribution in [0.4, 0.5) is 4.79 Å². The van der Waals surface area contributed by atoms with Gasteiger partial charge in [0.1, 0.15) is 0 Å². The van der Waals surface area contributed by atoms with E-state index in [0.29, 0.717) is 32.5 Å². The summed E-state index contributed by atoms with van der Waals surface area (Å²) in [5, 5.41) is 4.22. The average Bonchev–Trinajstić information content (AvgIpc) is 2.98. The third-order valence-corrected chi connectivity index (χ3v) is 4.55. The monoisotopic (exact) mass is 314 g/mol. The van der Waals surface area contributed by atoms with Gasteiger partial charge in [0, 0.05) is 42.7 Å². The molecule has 0 saturated carbocycles. The first-order chi connectivity index (χ1) is 11.1. The van der Waals surface area contributed by atoms with Crippen molar-refractivity contribution in [1.82, 2.24) is 15.2 Å². The predicted molar refractivity (Wildman–Crippen MR) is 88.9 cm³/mol. The molecule has 2 heterocycles. The number of carbonyl (C=O) groups is 2. The summed E-state index contributed by atoms with van der Waals surface area (Å²) >= 11 is 0. The zero-order valence-electron chi connectivity index (χ0n) is 13.0. The van der Waals surface area contributed by atoms with Crippen LogP contribution in [0.1, 0.15) is 18.4 Å². The fourth-order valence-corrected chi connectivity index (χ4v) is 3.17. The Kier molecular flexibility index (Phi) is 4.50. The SMILES string of the molecule is NC(=O)N1CCC(C(=O)NCCc2c[nH]c3ccccc23)CC1. The topological polar surface area (TPSA) is 91.2 Å². The second kappa shape index (κ2) is 6.73. The Hall–Kier alpha value is -2.50. The third-order valence-electron chi connectivity index (χ3n) is 4.55. The molecule has 1 saturated heterocycles. The second-order valence-corrected chi connectivity index (χ2v) is 6.00. The minimum absolute atomic E-state index is 0.0198. The molecule has 3 amide bonds. The first kappa shape index (κ1) is 15.4. The minimum Gasteiger partial charge on any atom is -0.361 e. The highest BCUT2D eigenvalue weighted by molar-refractivity contribution is 5.83. The van der Waals surface area contributed by atoms with Crippen LogP contribution in [0.5, 0.6) is 0 Å². The van der Waals surface area contributed by atoms with E-state index in [1.807, 2.05) is 24.4 Å². The molecular formula is C17H22N4O2. The molecule has 1 aliphatic rings. The number of hydrogen-bond donors (Lipinski definition) is 3. The maximum atomic E-state index is 12.2. The van der Waals surface area contributed by atoms with Crippen LogP contribution in [0.2, 0.25) is 0 Å². The Bertz CT molecular complexity index is 701. The highest BCUT2D eigenvalue weighted by Gasteiger charge is 2.26. The average molecular weight is 314 g/mol. The summed E-state index contributed by atoms with van der Waals surface area (Å²) in [5.41, 5.74) is 7.58. The molecule has 1 fully saturated rings. The molecule has 6 nitrogen and oxygen atoms in total. The quantitative estimate of drug-likeness (QED) is 0.800. The number of piperidine rings is 1. The van der Waals surface area contributed by atoms with Gasteiger partial charge in [0.05, 0.1) is 0 Å². The Morgan fingerprint density at radius 3 is 2.74 bits per heavy atom. The maximum Gasteiger partial charge on any atom is 0.314 e. The molecule has 23 heavy (non-hydrogen) atoms. The Labute approximate surface area is 135 Å². The van der Waals surface area contributed by atoms with Gasteiger partial charge >= 0.3 is 6.03 Å². The van der Waals surface area contributed by atoms with Gasteiger partial charge in [-0.25, -0.2) is 4.79 Å². The molecule has 122 valence electrons. The van der Waals surface area contributed by atoms with E-state index in [0.717, 1.165) is 11.9 Å². The lowest BCUT2D eigenvalue weighted by Gasteiger charge is -2.29. The molecule has 1 aromatic heterocycles. The number of para-hydroxylation sites is 1. The van der Waals surface area contributed by atoms with Crippen molar-refractivity contribution in [3.05, 3.63) is 36.0 Å². The van der Waals surface area contributed by atoms with Crippen molar-refractivity contribution in [3.63, 3.8) is 0 Å². The van der Waals surface area contributed by atoms with E-state index in [1.165, 1.54) is 10.9 Å². The van der Waals surface area contributed by atoms with Crippen LogP contribution in [-0.2, 0) is 11.2 Å². The fraction of sp³-hybridized carbons (Fsp3) is 0.412. The van der Waals surface area contributed by atoms with Crippen molar-refractivity contribution in [3.8, 4) is 0 Å². The standard InChI is InChI=1S/C17H22N4O2/c18-17(23)21-9-6-12(7-10-21)16(22)19-8-5-13-11-20-15-4-2-1-3-14(13)15/h1-4,11-12,20H,5-10H2,(H2,18,23)(H,19,22). The number of likely N-dealkylation sites (tertiary alicyclic amines) is 1. The van der Waals surface area contributed by atoms with E-state index >= 15 is 0 Å². The Morgan fingerprint density at radius 1 is 1.26 bits per heavy atom. The van der Waals surface area contributed by atoms with Gasteiger partial charge in [-0.3, -0.25) is 4.79 Å². The number of rotatable bonds is 4. The van der Waals surface area contributed by atoms with Gasteiger partial charge < -0.3 is 20.9 Å². The summed E-state index contributed by atoms with van der Waals surface area (Å²) in [6.45, 7) is 1.75. The zero-order valence-corrected chi connectivity index (χ0v) is 13.0. The Balaban J connectivity index is 1.47. The number of urea groups is 1. The number of carbonyl (C=O) groups excluding carboxylic acids is 2. The van der Waals surface area contributed by atoms with Crippen molar-refractivity contribution in [2.75, 3.05) is 19.6 Å². The molecule has 3 rings (SSSR count). The van der Waals surface area contributed by atoms with Gasteiger partial charge in [0.25, 0.3) is 0 Å². The van der Waals surface area contributed by atoms with Crippen LogP contribution >= 0.6 is 0 Å².